The van der Waals surface area contributed by atoms with E-state index < -0.39 is 5.95 Å². The van der Waals surface area contributed by atoms with E-state index in [1.54, 1.807) is 0 Å². The molecule has 5 heteroatoms. The van der Waals surface area contributed by atoms with Crippen molar-refractivity contribution in [1.29, 1.82) is 0 Å². The molecule has 0 radical (unpaired) electrons. The predicted octanol–water partition coefficient (Wildman–Crippen LogP) is 2.47. The average molecular weight is 269 g/mol. The number of pyridine rings is 1. The molecule has 0 spiro atoms. The molecule has 20 heavy (non-hydrogen) atoms. The van der Waals surface area contributed by atoms with Crippen LogP contribution < -0.4 is 0 Å². The summed E-state index contributed by atoms with van der Waals surface area (Å²) in [6.07, 6.45) is 1.94. The molecule has 0 saturated carbocycles. The van der Waals surface area contributed by atoms with Gasteiger partial charge >= 0.3 is 0 Å². The highest BCUT2D eigenvalue weighted by molar-refractivity contribution is 6.04. The van der Waals surface area contributed by atoms with Crippen LogP contribution in [0.25, 0.3) is 0 Å². The summed E-state index contributed by atoms with van der Waals surface area (Å²) in [5.74, 6) is -0.861. The van der Waals surface area contributed by atoms with Crippen LogP contribution in [0.2, 0.25) is 0 Å². The molecule has 3 rings (SSSR count). The van der Waals surface area contributed by atoms with Crippen molar-refractivity contribution in [3.63, 3.8) is 0 Å². The number of carbonyl (C=O) groups is 1. The first-order valence-electron chi connectivity index (χ1n) is 6.30. The Morgan fingerprint density at radius 2 is 1.95 bits per heavy atom. The first kappa shape index (κ1) is 12.5. The van der Waals surface area contributed by atoms with E-state index >= 15 is 0 Å². The number of benzene rings is 1. The maximum Gasteiger partial charge on any atom is 0.275 e. The standard InChI is InChI=1S/C15H12FN3O/c16-14-7-6-12(10-17-14)15(20)19-9-8-13(18-19)11-4-2-1-3-5-11/h1-7,10H,8-9H2. The van der Waals surface area contributed by atoms with Crippen LogP contribution in [0.4, 0.5) is 4.39 Å². The zero-order valence-electron chi connectivity index (χ0n) is 10.7. The molecular weight excluding hydrogens is 257 g/mol. The molecule has 2 aromatic rings. The summed E-state index contributed by atoms with van der Waals surface area (Å²) < 4.78 is 12.7. The van der Waals surface area contributed by atoms with Gasteiger partial charge in [0.15, 0.2) is 0 Å². The van der Waals surface area contributed by atoms with Crippen LogP contribution in [0.1, 0.15) is 22.3 Å². The summed E-state index contributed by atoms with van der Waals surface area (Å²) in [5.41, 5.74) is 2.23. The molecule has 1 aliphatic heterocycles. The number of nitrogens with zero attached hydrogens (tertiary/aromatic N) is 3. The Balaban J connectivity index is 1.81. The van der Waals surface area contributed by atoms with Gasteiger partial charge in [-0.2, -0.15) is 9.49 Å². The number of hydrazone groups is 1. The van der Waals surface area contributed by atoms with Crippen LogP contribution >= 0.6 is 0 Å². The summed E-state index contributed by atoms with van der Waals surface area (Å²) in [6.45, 7) is 0.528. The normalized spacial score (nSPS) is 14.2. The lowest BCUT2D eigenvalue weighted by Crippen LogP contribution is -2.23. The van der Waals surface area contributed by atoms with Crippen LogP contribution in [0, 0.1) is 5.95 Å². The minimum Gasteiger partial charge on any atom is -0.267 e. The van der Waals surface area contributed by atoms with Crippen molar-refractivity contribution >= 4 is 11.6 Å². The van der Waals surface area contributed by atoms with Gasteiger partial charge in [-0.1, -0.05) is 30.3 Å². The molecule has 1 amide bonds. The number of aromatic nitrogens is 1. The summed E-state index contributed by atoms with van der Waals surface area (Å²) in [6, 6.07) is 12.3. The lowest BCUT2D eigenvalue weighted by atomic mass is 10.1. The Morgan fingerprint density at radius 3 is 2.65 bits per heavy atom. The van der Waals surface area contributed by atoms with Crippen LogP contribution in [0.15, 0.2) is 53.8 Å². The number of carbonyl (C=O) groups excluding carboxylic acids is 1. The Hall–Kier alpha value is -2.56. The molecule has 0 unspecified atom stereocenters. The Bertz CT molecular complexity index is 653. The molecule has 0 N–H and O–H groups in total. The Morgan fingerprint density at radius 1 is 1.15 bits per heavy atom. The minimum absolute atomic E-state index is 0.261. The molecule has 1 aromatic heterocycles. The summed E-state index contributed by atoms with van der Waals surface area (Å²) in [4.78, 5) is 15.7. The van der Waals surface area contributed by atoms with Gasteiger partial charge in [-0.25, -0.2) is 9.99 Å². The van der Waals surface area contributed by atoms with E-state index in [0.29, 0.717) is 18.5 Å². The topological polar surface area (TPSA) is 45.6 Å². The number of amides is 1. The molecular formula is C15H12FN3O. The third-order valence-electron chi connectivity index (χ3n) is 3.12. The van der Waals surface area contributed by atoms with Gasteiger partial charge in [0, 0.05) is 12.6 Å². The first-order chi connectivity index (χ1) is 9.74. The number of hydrogen-bond acceptors (Lipinski definition) is 3. The molecule has 100 valence electrons. The minimum atomic E-state index is -0.601. The second-order valence-corrected chi connectivity index (χ2v) is 4.46. The number of rotatable bonds is 2. The van der Waals surface area contributed by atoms with Crippen LogP contribution in [-0.2, 0) is 0 Å². The molecule has 0 fully saturated rings. The highest BCUT2D eigenvalue weighted by Crippen LogP contribution is 2.16. The summed E-state index contributed by atoms with van der Waals surface area (Å²) >= 11 is 0. The molecule has 0 bridgehead atoms. The lowest BCUT2D eigenvalue weighted by molar-refractivity contribution is 0.0778. The van der Waals surface area contributed by atoms with E-state index in [0.717, 1.165) is 11.3 Å². The van der Waals surface area contributed by atoms with E-state index in [4.69, 9.17) is 0 Å². The van der Waals surface area contributed by atoms with Crippen LogP contribution in [0.5, 0.6) is 0 Å². The molecule has 0 aliphatic carbocycles. The van der Waals surface area contributed by atoms with Gasteiger partial charge in [-0.15, -0.1) is 0 Å². The van der Waals surface area contributed by atoms with Gasteiger partial charge in [0.1, 0.15) is 0 Å². The average Bonchev–Trinajstić information content (AvgIpc) is 2.98. The Labute approximate surface area is 115 Å². The third kappa shape index (κ3) is 2.42. The highest BCUT2D eigenvalue weighted by Gasteiger charge is 2.22. The summed E-state index contributed by atoms with van der Waals surface area (Å²) in [5, 5.41) is 5.74. The van der Waals surface area contributed by atoms with Crippen molar-refractivity contribution in [1.82, 2.24) is 9.99 Å². The maximum absolute atomic E-state index is 12.7. The molecule has 0 atom stereocenters. The number of halogens is 1. The predicted molar refractivity (Wildman–Crippen MR) is 72.8 cm³/mol. The van der Waals surface area contributed by atoms with Gasteiger partial charge in [-0.05, 0) is 17.7 Å². The van der Waals surface area contributed by atoms with E-state index in [2.05, 4.69) is 10.1 Å². The van der Waals surface area contributed by atoms with Gasteiger partial charge in [0.05, 0.1) is 17.8 Å². The molecule has 1 aliphatic rings. The highest BCUT2D eigenvalue weighted by atomic mass is 19.1. The Kier molecular flexibility index (Phi) is 3.25. The van der Waals surface area contributed by atoms with Crippen molar-refractivity contribution in [3.05, 3.63) is 65.7 Å². The monoisotopic (exact) mass is 269 g/mol. The van der Waals surface area contributed by atoms with Crippen molar-refractivity contribution in [2.45, 2.75) is 6.42 Å². The first-order valence-corrected chi connectivity index (χ1v) is 6.30. The zero-order valence-corrected chi connectivity index (χ0v) is 10.7. The SMILES string of the molecule is O=C(c1ccc(F)nc1)N1CCC(c2ccccc2)=N1. The molecule has 2 heterocycles. The second-order valence-electron chi connectivity index (χ2n) is 4.46. The van der Waals surface area contributed by atoms with Crippen molar-refractivity contribution in [2.24, 2.45) is 5.10 Å². The third-order valence-corrected chi connectivity index (χ3v) is 3.12. The van der Waals surface area contributed by atoms with E-state index in [-0.39, 0.29) is 5.91 Å². The van der Waals surface area contributed by atoms with Crippen molar-refractivity contribution in [2.75, 3.05) is 6.54 Å². The molecule has 0 saturated heterocycles. The molecule has 1 aromatic carbocycles. The van der Waals surface area contributed by atoms with E-state index in [1.165, 1.54) is 23.3 Å². The van der Waals surface area contributed by atoms with Gasteiger partial charge < -0.3 is 0 Å². The molecule has 4 nitrogen and oxygen atoms in total. The van der Waals surface area contributed by atoms with Gasteiger partial charge in [0.25, 0.3) is 5.91 Å². The maximum atomic E-state index is 12.7. The van der Waals surface area contributed by atoms with Crippen molar-refractivity contribution < 1.29 is 9.18 Å². The van der Waals surface area contributed by atoms with Crippen molar-refractivity contribution in [3.8, 4) is 0 Å². The van der Waals surface area contributed by atoms with Gasteiger partial charge in [0.2, 0.25) is 5.95 Å². The summed E-state index contributed by atoms with van der Waals surface area (Å²) in [7, 11) is 0. The van der Waals surface area contributed by atoms with Crippen LogP contribution in [0.3, 0.4) is 0 Å². The number of hydrogen-bond donors (Lipinski definition) is 0. The second kappa shape index (κ2) is 5.21. The quantitative estimate of drug-likeness (QED) is 0.786. The zero-order chi connectivity index (χ0) is 13.9. The largest absolute Gasteiger partial charge is 0.275 e. The van der Waals surface area contributed by atoms with Gasteiger partial charge in [-0.3, -0.25) is 4.79 Å². The van der Waals surface area contributed by atoms with Crippen LogP contribution in [-0.4, -0.2) is 28.2 Å². The van der Waals surface area contributed by atoms with E-state index in [1.807, 2.05) is 30.3 Å². The fourth-order valence-electron chi connectivity index (χ4n) is 2.09. The smallest absolute Gasteiger partial charge is 0.267 e. The van der Waals surface area contributed by atoms with E-state index in [9.17, 15) is 9.18 Å². The lowest BCUT2D eigenvalue weighted by Gasteiger charge is -2.10. The fraction of sp³-hybridized carbons (Fsp3) is 0.133. The fourth-order valence-corrected chi connectivity index (χ4v) is 2.09.